The van der Waals surface area contributed by atoms with Crippen molar-refractivity contribution in [1.29, 1.82) is 0 Å². The molecule has 2 aromatic carbocycles. The molecular weight excluding hydrogens is 388 g/mol. The normalized spacial score (nSPS) is 13.4. The van der Waals surface area contributed by atoms with Crippen LogP contribution in [0.5, 0.6) is 0 Å². The Morgan fingerprint density at radius 3 is 2.77 bits per heavy atom. The SMILES string of the molecule is O=C(CCN1C(=O)CSc2ccccc21)NCCSc1ccc(Cl)cc1. The number of anilines is 1. The molecule has 26 heavy (non-hydrogen) atoms. The van der Waals surface area contributed by atoms with Crippen LogP contribution in [0.4, 0.5) is 5.69 Å². The van der Waals surface area contributed by atoms with Crippen molar-refractivity contribution in [1.82, 2.24) is 5.32 Å². The lowest BCUT2D eigenvalue weighted by Crippen LogP contribution is -2.38. The van der Waals surface area contributed by atoms with Crippen molar-refractivity contribution in [3.63, 3.8) is 0 Å². The third-order valence-electron chi connectivity index (χ3n) is 3.88. The van der Waals surface area contributed by atoms with E-state index in [1.165, 1.54) is 0 Å². The van der Waals surface area contributed by atoms with Crippen molar-refractivity contribution < 1.29 is 9.59 Å². The van der Waals surface area contributed by atoms with E-state index in [0.717, 1.165) is 26.3 Å². The second kappa shape index (κ2) is 9.35. The number of rotatable bonds is 7. The van der Waals surface area contributed by atoms with Gasteiger partial charge in [0, 0.05) is 40.1 Å². The van der Waals surface area contributed by atoms with Crippen LogP contribution in [0.3, 0.4) is 0 Å². The van der Waals surface area contributed by atoms with Gasteiger partial charge in [0.05, 0.1) is 11.4 Å². The molecule has 1 aliphatic heterocycles. The lowest BCUT2D eigenvalue weighted by atomic mass is 10.2. The van der Waals surface area contributed by atoms with E-state index < -0.39 is 0 Å². The molecule has 0 bridgehead atoms. The Balaban J connectivity index is 1.41. The van der Waals surface area contributed by atoms with Crippen LogP contribution in [-0.4, -0.2) is 36.4 Å². The summed E-state index contributed by atoms with van der Waals surface area (Å²) < 4.78 is 0. The van der Waals surface area contributed by atoms with E-state index in [2.05, 4.69) is 5.32 Å². The van der Waals surface area contributed by atoms with Gasteiger partial charge < -0.3 is 10.2 Å². The zero-order valence-corrected chi connectivity index (χ0v) is 16.5. The van der Waals surface area contributed by atoms with E-state index in [0.29, 0.717) is 25.3 Å². The lowest BCUT2D eigenvalue weighted by Gasteiger charge is -2.28. The molecule has 3 rings (SSSR count). The van der Waals surface area contributed by atoms with Gasteiger partial charge in [-0.1, -0.05) is 23.7 Å². The van der Waals surface area contributed by atoms with Gasteiger partial charge in [0.2, 0.25) is 11.8 Å². The number of nitrogens with zero attached hydrogens (tertiary/aromatic N) is 1. The second-order valence-corrected chi connectivity index (χ2v) is 8.33. The van der Waals surface area contributed by atoms with E-state index in [1.807, 2.05) is 48.5 Å². The molecule has 2 amide bonds. The van der Waals surface area contributed by atoms with Gasteiger partial charge >= 0.3 is 0 Å². The summed E-state index contributed by atoms with van der Waals surface area (Å²) in [7, 11) is 0. The van der Waals surface area contributed by atoms with Crippen molar-refractivity contribution in [2.45, 2.75) is 16.2 Å². The highest BCUT2D eigenvalue weighted by Crippen LogP contribution is 2.34. The maximum Gasteiger partial charge on any atom is 0.237 e. The van der Waals surface area contributed by atoms with Crippen molar-refractivity contribution in [3.05, 3.63) is 53.6 Å². The summed E-state index contributed by atoms with van der Waals surface area (Å²) in [4.78, 5) is 28.2. The van der Waals surface area contributed by atoms with Crippen LogP contribution in [0.25, 0.3) is 0 Å². The van der Waals surface area contributed by atoms with Crippen LogP contribution >= 0.6 is 35.1 Å². The minimum absolute atomic E-state index is 0.0368. The molecule has 2 aromatic rings. The van der Waals surface area contributed by atoms with Gasteiger partial charge in [-0.2, -0.15) is 0 Å². The fraction of sp³-hybridized carbons (Fsp3) is 0.263. The molecule has 0 atom stereocenters. The average Bonchev–Trinajstić information content (AvgIpc) is 2.66. The summed E-state index contributed by atoms with van der Waals surface area (Å²) in [5.41, 5.74) is 0.903. The summed E-state index contributed by atoms with van der Waals surface area (Å²) in [6.45, 7) is 0.999. The van der Waals surface area contributed by atoms with Crippen LogP contribution in [0, 0.1) is 0 Å². The first-order valence-electron chi connectivity index (χ1n) is 8.31. The van der Waals surface area contributed by atoms with Crippen molar-refractivity contribution in [2.75, 3.05) is 29.5 Å². The number of nitrogens with one attached hydrogen (secondary N) is 1. The lowest BCUT2D eigenvalue weighted by molar-refractivity contribution is -0.120. The van der Waals surface area contributed by atoms with Gasteiger partial charge in [0.15, 0.2) is 0 Å². The highest BCUT2D eigenvalue weighted by atomic mass is 35.5. The van der Waals surface area contributed by atoms with E-state index in [-0.39, 0.29) is 11.8 Å². The Morgan fingerprint density at radius 1 is 1.19 bits per heavy atom. The summed E-state index contributed by atoms with van der Waals surface area (Å²) in [6.07, 6.45) is 0.302. The highest BCUT2D eigenvalue weighted by Gasteiger charge is 2.24. The fourth-order valence-corrected chi connectivity index (χ4v) is 4.42. The number of amides is 2. The van der Waals surface area contributed by atoms with E-state index in [9.17, 15) is 9.59 Å². The third kappa shape index (κ3) is 5.19. The van der Waals surface area contributed by atoms with Crippen LogP contribution in [0.2, 0.25) is 5.02 Å². The van der Waals surface area contributed by atoms with Crippen molar-refractivity contribution >= 4 is 52.6 Å². The Kier molecular flexibility index (Phi) is 6.88. The van der Waals surface area contributed by atoms with E-state index in [1.54, 1.807) is 28.4 Å². The number of carbonyl (C=O) groups is 2. The first kappa shape index (κ1) is 19.1. The van der Waals surface area contributed by atoms with Crippen LogP contribution in [0.1, 0.15) is 6.42 Å². The van der Waals surface area contributed by atoms with Gasteiger partial charge in [0.25, 0.3) is 0 Å². The number of fused-ring (bicyclic) bond motifs is 1. The molecule has 0 saturated carbocycles. The quantitative estimate of drug-likeness (QED) is 0.556. The van der Waals surface area contributed by atoms with Crippen LogP contribution in [0.15, 0.2) is 58.3 Å². The number of carbonyl (C=O) groups excluding carboxylic acids is 2. The number of halogens is 1. The molecular formula is C19H19ClN2O2S2. The molecule has 0 unspecified atom stereocenters. The Hall–Kier alpha value is -1.63. The number of para-hydroxylation sites is 1. The molecule has 0 spiro atoms. The summed E-state index contributed by atoms with van der Waals surface area (Å²) in [6, 6.07) is 15.5. The number of hydrogen-bond acceptors (Lipinski definition) is 4. The molecule has 7 heteroatoms. The molecule has 4 nitrogen and oxygen atoms in total. The highest BCUT2D eigenvalue weighted by molar-refractivity contribution is 8.00. The van der Waals surface area contributed by atoms with Crippen LogP contribution in [-0.2, 0) is 9.59 Å². The number of benzene rings is 2. The summed E-state index contributed by atoms with van der Waals surface area (Å²) in [5.74, 6) is 1.23. The third-order valence-corrected chi connectivity index (χ3v) is 6.19. The van der Waals surface area contributed by atoms with E-state index in [4.69, 9.17) is 11.6 Å². The Bertz CT molecular complexity index is 783. The first-order valence-corrected chi connectivity index (χ1v) is 10.7. The molecule has 0 aliphatic carbocycles. The van der Waals surface area contributed by atoms with Crippen LogP contribution < -0.4 is 10.2 Å². The molecule has 0 aromatic heterocycles. The van der Waals surface area contributed by atoms with Gasteiger partial charge in [0.1, 0.15) is 0 Å². The molecule has 0 saturated heterocycles. The second-order valence-electron chi connectivity index (χ2n) is 5.70. The molecule has 1 aliphatic rings. The number of thioether (sulfide) groups is 2. The summed E-state index contributed by atoms with van der Waals surface area (Å²) >= 11 is 9.08. The van der Waals surface area contributed by atoms with Gasteiger partial charge in [-0.3, -0.25) is 9.59 Å². The molecule has 0 fully saturated rings. The topological polar surface area (TPSA) is 49.4 Å². The standard InChI is InChI=1S/C19H19ClN2O2S2/c20-14-5-7-15(8-6-14)25-12-10-21-18(23)9-11-22-16-3-1-2-4-17(16)26-13-19(22)24/h1-8H,9-13H2,(H,21,23). The smallest absolute Gasteiger partial charge is 0.237 e. The van der Waals surface area contributed by atoms with Gasteiger partial charge in [-0.25, -0.2) is 0 Å². The fourth-order valence-electron chi connectivity index (χ4n) is 2.59. The maximum atomic E-state index is 12.2. The zero-order chi connectivity index (χ0) is 18.4. The zero-order valence-electron chi connectivity index (χ0n) is 14.1. The predicted octanol–water partition coefficient (Wildman–Crippen LogP) is 4.08. The van der Waals surface area contributed by atoms with Gasteiger partial charge in [-0.15, -0.1) is 23.5 Å². The Labute approximate surface area is 166 Å². The first-order chi connectivity index (χ1) is 12.6. The minimum Gasteiger partial charge on any atom is -0.355 e. The predicted molar refractivity (Wildman–Crippen MR) is 109 cm³/mol. The van der Waals surface area contributed by atoms with Crippen molar-refractivity contribution in [2.24, 2.45) is 0 Å². The maximum absolute atomic E-state index is 12.2. The average molecular weight is 407 g/mol. The Morgan fingerprint density at radius 2 is 1.96 bits per heavy atom. The van der Waals surface area contributed by atoms with E-state index >= 15 is 0 Å². The largest absolute Gasteiger partial charge is 0.355 e. The number of hydrogen-bond donors (Lipinski definition) is 1. The monoisotopic (exact) mass is 406 g/mol. The molecule has 136 valence electrons. The minimum atomic E-state index is -0.0368. The molecule has 1 heterocycles. The van der Waals surface area contributed by atoms with Gasteiger partial charge in [-0.05, 0) is 36.4 Å². The molecule has 0 radical (unpaired) electrons. The molecule has 1 N–H and O–H groups in total. The van der Waals surface area contributed by atoms with Crippen molar-refractivity contribution in [3.8, 4) is 0 Å². The summed E-state index contributed by atoms with van der Waals surface area (Å²) in [5, 5.41) is 3.63.